The van der Waals surface area contributed by atoms with Crippen molar-refractivity contribution in [3.8, 4) is 0 Å². The number of ether oxygens (including phenoxy) is 2. The lowest BCUT2D eigenvalue weighted by atomic mass is 9.92. The van der Waals surface area contributed by atoms with Crippen LogP contribution in [0.5, 0.6) is 0 Å². The lowest BCUT2D eigenvalue weighted by Gasteiger charge is -2.31. The fourth-order valence-corrected chi connectivity index (χ4v) is 3.56. The Morgan fingerprint density at radius 2 is 2.00 bits per heavy atom. The molecule has 7 heteroatoms. The van der Waals surface area contributed by atoms with E-state index in [1.807, 2.05) is 11.8 Å². The Balaban J connectivity index is 1.38. The molecule has 3 heterocycles. The minimum absolute atomic E-state index is 0.111. The quantitative estimate of drug-likeness (QED) is 0.749. The largest absolute Gasteiger partial charge is 0.381 e. The number of piperidine rings is 1. The minimum atomic E-state index is 0.111. The third-order valence-corrected chi connectivity index (χ3v) is 5.23. The number of amides is 1. The van der Waals surface area contributed by atoms with E-state index in [-0.39, 0.29) is 12.5 Å². The normalized spacial score (nSPS) is 20.1. The van der Waals surface area contributed by atoms with Gasteiger partial charge in [-0.2, -0.15) is 4.98 Å². The molecule has 0 N–H and O–H groups in total. The number of nitrogens with zero attached hydrogens (tertiary/aromatic N) is 3. The van der Waals surface area contributed by atoms with E-state index < -0.39 is 0 Å². The highest BCUT2D eigenvalue weighted by molar-refractivity contribution is 5.77. The molecule has 140 valence electrons. The van der Waals surface area contributed by atoms with Gasteiger partial charge in [-0.3, -0.25) is 4.79 Å². The molecular formula is C18H29N3O4. The number of hydrogen-bond donors (Lipinski definition) is 0. The van der Waals surface area contributed by atoms with E-state index in [0.717, 1.165) is 76.5 Å². The number of carbonyl (C=O) groups excluding carboxylic acids is 1. The van der Waals surface area contributed by atoms with Crippen molar-refractivity contribution >= 4 is 5.91 Å². The molecule has 1 amide bonds. The summed E-state index contributed by atoms with van der Waals surface area (Å²) in [5, 5.41) is 4.14. The zero-order valence-electron chi connectivity index (χ0n) is 15.1. The standard InChI is InChI=1S/C18H29N3O4/c1-2-23-13-17(22)21-9-5-14(6-10-21)3-4-16-19-18(25-20-16)15-7-11-24-12-8-15/h14-15H,2-13H2,1H3. The number of aryl methyl sites for hydroxylation is 1. The Morgan fingerprint density at radius 1 is 1.24 bits per heavy atom. The van der Waals surface area contributed by atoms with Gasteiger partial charge in [0.1, 0.15) is 6.61 Å². The summed E-state index contributed by atoms with van der Waals surface area (Å²) in [7, 11) is 0. The van der Waals surface area contributed by atoms with E-state index in [9.17, 15) is 4.79 Å². The molecule has 0 unspecified atom stereocenters. The second-order valence-electron chi connectivity index (χ2n) is 6.94. The molecule has 2 fully saturated rings. The maximum atomic E-state index is 12.0. The summed E-state index contributed by atoms with van der Waals surface area (Å²) in [6.07, 6.45) is 5.93. The Bertz CT molecular complexity index is 534. The van der Waals surface area contributed by atoms with Gasteiger partial charge in [-0.15, -0.1) is 0 Å². The second-order valence-corrected chi connectivity index (χ2v) is 6.94. The van der Waals surface area contributed by atoms with Gasteiger partial charge >= 0.3 is 0 Å². The maximum absolute atomic E-state index is 12.0. The molecule has 0 bridgehead atoms. The Hall–Kier alpha value is -1.47. The molecule has 0 spiro atoms. The van der Waals surface area contributed by atoms with Crippen LogP contribution < -0.4 is 0 Å². The van der Waals surface area contributed by atoms with E-state index in [1.165, 1.54) is 0 Å². The Kier molecular flexibility index (Phi) is 6.81. The van der Waals surface area contributed by atoms with Crippen molar-refractivity contribution in [3.05, 3.63) is 11.7 Å². The van der Waals surface area contributed by atoms with Gasteiger partial charge in [0, 0.05) is 45.2 Å². The first-order valence-electron chi connectivity index (χ1n) is 9.52. The minimum Gasteiger partial charge on any atom is -0.381 e. The molecule has 25 heavy (non-hydrogen) atoms. The van der Waals surface area contributed by atoms with Gasteiger partial charge in [-0.1, -0.05) is 5.16 Å². The molecule has 2 saturated heterocycles. The highest BCUT2D eigenvalue weighted by atomic mass is 16.5. The van der Waals surface area contributed by atoms with Gasteiger partial charge < -0.3 is 18.9 Å². The summed E-state index contributed by atoms with van der Waals surface area (Å²) in [6, 6.07) is 0. The third-order valence-electron chi connectivity index (χ3n) is 5.23. The van der Waals surface area contributed by atoms with Crippen molar-refractivity contribution in [2.24, 2.45) is 5.92 Å². The van der Waals surface area contributed by atoms with Gasteiger partial charge in [0.25, 0.3) is 0 Å². The summed E-state index contributed by atoms with van der Waals surface area (Å²) in [5.41, 5.74) is 0. The zero-order valence-corrected chi connectivity index (χ0v) is 15.1. The van der Waals surface area contributed by atoms with Crippen molar-refractivity contribution in [1.29, 1.82) is 0 Å². The molecule has 0 aromatic carbocycles. The first-order valence-corrected chi connectivity index (χ1v) is 9.52. The summed E-state index contributed by atoms with van der Waals surface area (Å²) in [5.74, 6) is 2.68. The predicted molar refractivity (Wildman–Crippen MR) is 91.2 cm³/mol. The zero-order chi connectivity index (χ0) is 17.5. The van der Waals surface area contributed by atoms with Crippen LogP contribution in [0.2, 0.25) is 0 Å². The van der Waals surface area contributed by atoms with Gasteiger partial charge in [-0.05, 0) is 44.9 Å². The van der Waals surface area contributed by atoms with E-state index in [4.69, 9.17) is 14.0 Å². The van der Waals surface area contributed by atoms with Crippen molar-refractivity contribution in [2.45, 2.75) is 51.4 Å². The van der Waals surface area contributed by atoms with Gasteiger partial charge in [0.15, 0.2) is 5.82 Å². The predicted octanol–water partition coefficient (Wildman–Crippen LogP) is 2.17. The van der Waals surface area contributed by atoms with Crippen LogP contribution in [0.3, 0.4) is 0 Å². The van der Waals surface area contributed by atoms with Crippen LogP contribution in [0.4, 0.5) is 0 Å². The highest BCUT2D eigenvalue weighted by Gasteiger charge is 2.24. The summed E-state index contributed by atoms with van der Waals surface area (Å²) < 4.78 is 16.0. The number of rotatable bonds is 7. The van der Waals surface area contributed by atoms with E-state index in [2.05, 4.69) is 10.1 Å². The fraction of sp³-hybridized carbons (Fsp3) is 0.833. The van der Waals surface area contributed by atoms with Crippen LogP contribution >= 0.6 is 0 Å². The molecule has 0 radical (unpaired) electrons. The van der Waals surface area contributed by atoms with Crippen molar-refractivity contribution in [3.63, 3.8) is 0 Å². The Morgan fingerprint density at radius 3 is 2.72 bits per heavy atom. The van der Waals surface area contributed by atoms with Crippen molar-refractivity contribution in [1.82, 2.24) is 15.0 Å². The topological polar surface area (TPSA) is 77.7 Å². The molecule has 0 atom stereocenters. The molecule has 0 aliphatic carbocycles. The summed E-state index contributed by atoms with van der Waals surface area (Å²) in [4.78, 5) is 18.5. The average molecular weight is 351 g/mol. The molecule has 0 saturated carbocycles. The number of hydrogen-bond acceptors (Lipinski definition) is 6. The number of aromatic nitrogens is 2. The van der Waals surface area contributed by atoms with Crippen LogP contribution in [0.1, 0.15) is 56.7 Å². The van der Waals surface area contributed by atoms with E-state index in [0.29, 0.717) is 18.4 Å². The third kappa shape index (κ3) is 5.25. The molecule has 2 aliphatic heterocycles. The molecule has 1 aromatic rings. The van der Waals surface area contributed by atoms with Gasteiger partial charge in [0.2, 0.25) is 11.8 Å². The van der Waals surface area contributed by atoms with Crippen molar-refractivity contribution < 1.29 is 18.8 Å². The molecule has 1 aromatic heterocycles. The van der Waals surface area contributed by atoms with Crippen LogP contribution in [0.25, 0.3) is 0 Å². The summed E-state index contributed by atoms with van der Waals surface area (Å²) in [6.45, 7) is 5.92. The number of carbonyl (C=O) groups is 1. The van der Waals surface area contributed by atoms with Crippen molar-refractivity contribution in [2.75, 3.05) is 39.5 Å². The van der Waals surface area contributed by atoms with Crippen LogP contribution in [0, 0.1) is 5.92 Å². The smallest absolute Gasteiger partial charge is 0.248 e. The maximum Gasteiger partial charge on any atom is 0.248 e. The second kappa shape index (κ2) is 9.29. The van der Waals surface area contributed by atoms with E-state index in [1.54, 1.807) is 0 Å². The monoisotopic (exact) mass is 351 g/mol. The summed E-state index contributed by atoms with van der Waals surface area (Å²) >= 11 is 0. The SMILES string of the molecule is CCOCC(=O)N1CCC(CCc2noc(C3CCOCC3)n2)CC1. The number of likely N-dealkylation sites (tertiary alicyclic amines) is 1. The first kappa shape index (κ1) is 18.3. The van der Waals surface area contributed by atoms with Gasteiger partial charge in [0.05, 0.1) is 0 Å². The lowest BCUT2D eigenvalue weighted by Crippen LogP contribution is -2.40. The lowest BCUT2D eigenvalue weighted by molar-refractivity contribution is -0.137. The Labute approximate surface area is 149 Å². The van der Waals surface area contributed by atoms with E-state index >= 15 is 0 Å². The highest BCUT2D eigenvalue weighted by Crippen LogP contribution is 2.26. The first-order chi connectivity index (χ1) is 12.3. The average Bonchev–Trinajstić information content (AvgIpc) is 3.14. The fourth-order valence-electron chi connectivity index (χ4n) is 3.56. The molecule has 3 rings (SSSR count). The van der Waals surface area contributed by atoms with Gasteiger partial charge in [-0.25, -0.2) is 0 Å². The van der Waals surface area contributed by atoms with Crippen LogP contribution in [0.15, 0.2) is 4.52 Å². The molecule has 2 aliphatic rings. The molecular weight excluding hydrogens is 322 g/mol. The van der Waals surface area contributed by atoms with Crippen LogP contribution in [-0.2, 0) is 20.7 Å². The van der Waals surface area contributed by atoms with Crippen LogP contribution in [-0.4, -0.2) is 60.5 Å². The molecule has 7 nitrogen and oxygen atoms in total.